The molecule has 8 nitrogen and oxygen atoms in total. The molecule has 0 aliphatic carbocycles. The summed E-state index contributed by atoms with van der Waals surface area (Å²) >= 11 is 0.938. The van der Waals surface area contributed by atoms with Gasteiger partial charge in [0.15, 0.2) is 14.9 Å². The molecule has 0 bridgehead atoms. The minimum Gasteiger partial charge on any atom is -0.228 e. The molecule has 0 aromatic carbocycles. The smallest absolute Gasteiger partial charge is 0.228 e. The lowest BCUT2D eigenvalue weighted by Gasteiger charge is -2.04. The molecule has 1 heterocycles. The molecule has 0 amide bonds. The van der Waals surface area contributed by atoms with Crippen LogP contribution in [0.3, 0.4) is 0 Å². The van der Waals surface area contributed by atoms with Crippen LogP contribution in [-0.2, 0) is 36.3 Å². The normalized spacial score (nSPS) is 13.5. The van der Waals surface area contributed by atoms with Crippen molar-refractivity contribution in [1.29, 1.82) is 0 Å². The Hall–Kier alpha value is -0.530. The zero-order valence-electron chi connectivity index (χ0n) is 10.4. The Morgan fingerprint density at radius 3 is 2.20 bits per heavy atom. The number of thiophene rings is 1. The lowest BCUT2D eigenvalue weighted by Crippen LogP contribution is -2.31. The zero-order chi connectivity index (χ0) is 15.6. The first-order chi connectivity index (χ1) is 8.89. The van der Waals surface area contributed by atoms with E-state index in [1.54, 1.807) is 0 Å². The summed E-state index contributed by atoms with van der Waals surface area (Å²) in [5.74, 6) is 0. The summed E-state index contributed by atoms with van der Waals surface area (Å²) in [5.41, 5.74) is 0. The van der Waals surface area contributed by atoms with Crippen molar-refractivity contribution in [2.45, 2.75) is 10.6 Å². The first-order valence-electron chi connectivity index (χ1n) is 5.16. The third-order valence-electron chi connectivity index (χ3n) is 1.98. The van der Waals surface area contributed by atoms with Gasteiger partial charge in [-0.2, -0.15) is 0 Å². The van der Waals surface area contributed by atoms with Crippen molar-refractivity contribution in [3.8, 4) is 0 Å². The maximum atomic E-state index is 11.4. The summed E-state index contributed by atoms with van der Waals surface area (Å²) in [5, 5.41) is 3.96. The Morgan fingerprint density at radius 2 is 1.75 bits per heavy atom. The molecule has 20 heavy (non-hydrogen) atoms. The third-order valence-corrected chi connectivity index (χ3v) is 8.16. The summed E-state index contributed by atoms with van der Waals surface area (Å²) in [6.45, 7) is -0.0254. The molecule has 0 aliphatic rings. The monoisotopic (exact) mass is 362 g/mol. The lowest BCUT2D eigenvalue weighted by molar-refractivity contribution is 0.581. The van der Waals surface area contributed by atoms with Gasteiger partial charge >= 0.3 is 0 Å². The summed E-state index contributed by atoms with van der Waals surface area (Å²) in [6, 6.07) is 2.86. The van der Waals surface area contributed by atoms with Crippen molar-refractivity contribution < 1.29 is 25.3 Å². The molecule has 1 aromatic rings. The average Bonchev–Trinajstić information content (AvgIpc) is 2.60. The molecular weight excluding hydrogens is 348 g/mol. The molecule has 1 rings (SSSR count). The maximum absolute atomic E-state index is 11.4. The number of primary sulfonamides is 1. The number of hydrogen-bond acceptors (Lipinski definition) is 7. The van der Waals surface area contributed by atoms with E-state index < -0.39 is 35.0 Å². The number of sulfone groups is 1. The van der Waals surface area contributed by atoms with Crippen LogP contribution in [-0.4, -0.2) is 43.1 Å². The number of hydrogen-bond donors (Lipinski definition) is 2. The van der Waals surface area contributed by atoms with Crippen molar-refractivity contribution in [3.63, 3.8) is 0 Å². The van der Waals surface area contributed by atoms with Crippen LogP contribution < -0.4 is 9.86 Å². The van der Waals surface area contributed by atoms with Gasteiger partial charge in [0.1, 0.15) is 4.21 Å². The second kappa shape index (κ2) is 6.07. The summed E-state index contributed by atoms with van der Waals surface area (Å²) in [6.07, 6.45) is 1.06. The van der Waals surface area contributed by atoms with Crippen molar-refractivity contribution in [3.05, 3.63) is 17.0 Å². The fraction of sp³-hybridized carbons (Fsp3) is 0.500. The highest BCUT2D eigenvalue weighted by Gasteiger charge is 2.17. The summed E-state index contributed by atoms with van der Waals surface area (Å²) in [4.78, 5) is 0.621. The molecule has 0 aliphatic heterocycles. The molecule has 0 spiro atoms. The topological polar surface area (TPSA) is 140 Å². The Bertz CT molecular complexity index is 775. The van der Waals surface area contributed by atoms with E-state index in [0.29, 0.717) is 4.88 Å². The fourth-order valence-electron chi connectivity index (χ4n) is 1.30. The molecule has 0 saturated carbocycles. The zero-order valence-corrected chi connectivity index (χ0v) is 13.7. The van der Waals surface area contributed by atoms with E-state index in [2.05, 4.69) is 4.72 Å². The number of sulfonamides is 2. The fourth-order valence-corrected chi connectivity index (χ4v) is 6.08. The van der Waals surface area contributed by atoms with Crippen LogP contribution in [0, 0.1) is 0 Å². The van der Waals surface area contributed by atoms with Crippen LogP contribution in [0.25, 0.3) is 0 Å². The maximum Gasteiger partial charge on any atom is 0.247 e. The largest absolute Gasteiger partial charge is 0.247 e. The molecule has 12 heteroatoms. The van der Waals surface area contributed by atoms with E-state index in [9.17, 15) is 25.3 Å². The first kappa shape index (κ1) is 17.5. The van der Waals surface area contributed by atoms with E-state index >= 15 is 0 Å². The van der Waals surface area contributed by atoms with E-state index in [4.69, 9.17) is 5.14 Å². The molecule has 0 unspecified atom stereocenters. The molecule has 0 atom stereocenters. The van der Waals surface area contributed by atoms with Crippen LogP contribution in [0.4, 0.5) is 0 Å². The van der Waals surface area contributed by atoms with Gasteiger partial charge < -0.3 is 0 Å². The van der Waals surface area contributed by atoms with Crippen molar-refractivity contribution in [2.75, 3.05) is 17.9 Å². The van der Waals surface area contributed by atoms with E-state index in [1.807, 2.05) is 0 Å². The Labute approximate surface area is 122 Å². The van der Waals surface area contributed by atoms with Crippen molar-refractivity contribution >= 4 is 41.2 Å². The Kier molecular flexibility index (Phi) is 5.32. The van der Waals surface area contributed by atoms with Crippen LogP contribution in [0.15, 0.2) is 16.3 Å². The molecule has 3 N–H and O–H groups in total. The first-order valence-corrected chi connectivity index (χ1v) is 11.2. The third kappa shape index (κ3) is 6.28. The molecule has 0 radical (unpaired) electrons. The van der Waals surface area contributed by atoms with Gasteiger partial charge in [0.2, 0.25) is 20.0 Å². The van der Waals surface area contributed by atoms with Crippen molar-refractivity contribution in [2.24, 2.45) is 5.14 Å². The van der Waals surface area contributed by atoms with Gasteiger partial charge in [0, 0.05) is 17.7 Å². The average molecular weight is 362 g/mol. The minimum atomic E-state index is -3.91. The standard InChI is InChI=1S/C8H14N2O6S4/c1-18(11,12)6-19(13,14)10-5-4-7-2-3-8(17-7)20(9,15)16/h2-3,10H,4-6H2,1H3,(H2,9,15,16). The Morgan fingerprint density at radius 1 is 1.15 bits per heavy atom. The van der Waals surface area contributed by atoms with Crippen molar-refractivity contribution in [1.82, 2.24) is 4.72 Å². The highest BCUT2D eigenvalue weighted by atomic mass is 32.3. The van der Waals surface area contributed by atoms with Gasteiger partial charge in [-0.25, -0.2) is 35.1 Å². The van der Waals surface area contributed by atoms with Crippen LogP contribution >= 0.6 is 11.3 Å². The van der Waals surface area contributed by atoms with Gasteiger partial charge in [0.25, 0.3) is 0 Å². The molecule has 0 fully saturated rings. The summed E-state index contributed by atoms with van der Waals surface area (Å²) < 4.78 is 68.8. The van der Waals surface area contributed by atoms with Gasteiger partial charge in [-0.1, -0.05) is 0 Å². The van der Waals surface area contributed by atoms with Crippen LogP contribution in [0.5, 0.6) is 0 Å². The molecule has 0 saturated heterocycles. The second-order valence-electron chi connectivity index (χ2n) is 4.07. The van der Waals surface area contributed by atoms with Gasteiger partial charge in [0.05, 0.1) is 0 Å². The van der Waals surface area contributed by atoms with Gasteiger partial charge in [-0.05, 0) is 18.6 Å². The molecule has 116 valence electrons. The van der Waals surface area contributed by atoms with E-state index in [1.165, 1.54) is 12.1 Å². The number of rotatable bonds is 7. The number of nitrogens with two attached hydrogens (primary N) is 1. The molecule has 1 aromatic heterocycles. The molecular formula is C8H14N2O6S4. The predicted molar refractivity (Wildman–Crippen MR) is 76.0 cm³/mol. The SMILES string of the molecule is CS(=O)(=O)CS(=O)(=O)NCCc1ccc(S(N)(=O)=O)s1. The van der Waals surface area contributed by atoms with Gasteiger partial charge in [-0.3, -0.25) is 0 Å². The second-order valence-corrected chi connectivity index (χ2v) is 11.3. The Balaban J connectivity index is 2.60. The van der Waals surface area contributed by atoms with E-state index in [-0.39, 0.29) is 17.2 Å². The van der Waals surface area contributed by atoms with Crippen LogP contribution in [0.2, 0.25) is 0 Å². The minimum absolute atomic E-state index is 0.00788. The lowest BCUT2D eigenvalue weighted by atomic mass is 10.3. The van der Waals surface area contributed by atoms with E-state index in [0.717, 1.165) is 17.6 Å². The quantitative estimate of drug-likeness (QED) is 0.628. The predicted octanol–water partition coefficient (Wildman–Crippen LogP) is -1.14. The summed E-state index contributed by atoms with van der Waals surface area (Å²) in [7, 11) is -11.3. The highest BCUT2D eigenvalue weighted by Crippen LogP contribution is 2.20. The van der Waals surface area contributed by atoms with Gasteiger partial charge in [-0.15, -0.1) is 11.3 Å². The number of nitrogens with one attached hydrogen (secondary N) is 1. The van der Waals surface area contributed by atoms with Crippen LogP contribution in [0.1, 0.15) is 4.88 Å². The highest BCUT2D eigenvalue weighted by molar-refractivity contribution is 8.06.